The van der Waals surface area contributed by atoms with Gasteiger partial charge in [0.2, 0.25) is 5.88 Å². The highest BCUT2D eigenvalue weighted by Crippen LogP contribution is 2.35. The molecular weight excluding hydrogens is 272 g/mol. The molecule has 0 amide bonds. The monoisotopic (exact) mass is 292 g/mol. The van der Waals surface area contributed by atoms with E-state index in [0.29, 0.717) is 0 Å². The lowest BCUT2D eigenvalue weighted by atomic mass is 10.0. The Morgan fingerprint density at radius 1 is 1.00 bits per heavy atom. The van der Waals surface area contributed by atoms with Gasteiger partial charge in [0.15, 0.2) is 0 Å². The third kappa shape index (κ3) is 2.62. The second-order valence-electron chi connectivity index (χ2n) is 5.51. The van der Waals surface area contributed by atoms with Gasteiger partial charge >= 0.3 is 0 Å². The van der Waals surface area contributed by atoms with Gasteiger partial charge < -0.3 is 5.11 Å². The van der Waals surface area contributed by atoms with Gasteiger partial charge in [-0.25, -0.2) is 4.68 Å². The van der Waals surface area contributed by atoms with E-state index in [1.165, 1.54) is 5.56 Å². The first kappa shape index (κ1) is 14.4. The van der Waals surface area contributed by atoms with E-state index in [4.69, 9.17) is 0 Å². The number of aromatic hydroxyl groups is 1. The highest BCUT2D eigenvalue weighted by atomic mass is 16.3. The van der Waals surface area contributed by atoms with Gasteiger partial charge in [0.25, 0.3) is 0 Å². The Morgan fingerprint density at radius 3 is 2.32 bits per heavy atom. The number of hydrogen-bond donors (Lipinski definition) is 1. The molecule has 0 aliphatic heterocycles. The SMILES string of the molecule is CCCc1nn(-c2ccc(C)cc2)c(O)c1-c1ccccc1. The fourth-order valence-electron chi connectivity index (χ4n) is 2.63. The Bertz CT molecular complexity index is 758. The molecule has 0 unspecified atom stereocenters. The summed E-state index contributed by atoms with van der Waals surface area (Å²) >= 11 is 0. The average molecular weight is 292 g/mol. The summed E-state index contributed by atoms with van der Waals surface area (Å²) in [6.07, 6.45) is 1.83. The van der Waals surface area contributed by atoms with Crippen LogP contribution in [0.15, 0.2) is 54.6 Å². The minimum atomic E-state index is 0.207. The van der Waals surface area contributed by atoms with Crippen molar-refractivity contribution < 1.29 is 5.11 Å². The van der Waals surface area contributed by atoms with E-state index < -0.39 is 0 Å². The number of aryl methyl sites for hydroxylation is 2. The quantitative estimate of drug-likeness (QED) is 0.768. The first-order chi connectivity index (χ1) is 10.7. The summed E-state index contributed by atoms with van der Waals surface area (Å²) < 4.78 is 1.63. The Labute approximate surface area is 130 Å². The minimum Gasteiger partial charge on any atom is -0.493 e. The molecule has 22 heavy (non-hydrogen) atoms. The molecule has 3 nitrogen and oxygen atoms in total. The van der Waals surface area contributed by atoms with Gasteiger partial charge in [-0.3, -0.25) is 0 Å². The van der Waals surface area contributed by atoms with Gasteiger partial charge in [0, 0.05) is 0 Å². The smallest absolute Gasteiger partial charge is 0.222 e. The molecular formula is C19H20N2O. The lowest BCUT2D eigenvalue weighted by Gasteiger charge is -2.04. The zero-order valence-corrected chi connectivity index (χ0v) is 13.0. The number of rotatable bonds is 4. The van der Waals surface area contributed by atoms with Crippen molar-refractivity contribution in [3.05, 3.63) is 65.9 Å². The van der Waals surface area contributed by atoms with Crippen LogP contribution in [0.3, 0.4) is 0 Å². The second-order valence-corrected chi connectivity index (χ2v) is 5.51. The van der Waals surface area contributed by atoms with Gasteiger partial charge in [-0.1, -0.05) is 61.4 Å². The molecule has 1 N–H and O–H groups in total. The number of benzene rings is 2. The molecule has 0 saturated carbocycles. The van der Waals surface area contributed by atoms with Crippen molar-refractivity contribution in [3.63, 3.8) is 0 Å². The summed E-state index contributed by atoms with van der Waals surface area (Å²) in [5.74, 6) is 0.207. The van der Waals surface area contributed by atoms with E-state index in [2.05, 4.69) is 12.0 Å². The first-order valence-electron chi connectivity index (χ1n) is 7.64. The van der Waals surface area contributed by atoms with E-state index in [1.54, 1.807) is 4.68 Å². The van der Waals surface area contributed by atoms with Gasteiger partial charge in [-0.2, -0.15) is 5.10 Å². The van der Waals surface area contributed by atoms with Crippen molar-refractivity contribution in [2.45, 2.75) is 26.7 Å². The Kier molecular flexibility index (Phi) is 3.96. The summed E-state index contributed by atoms with van der Waals surface area (Å²) in [5.41, 5.74) is 4.84. The molecule has 1 aromatic heterocycles. The van der Waals surface area contributed by atoms with Crippen molar-refractivity contribution in [1.82, 2.24) is 9.78 Å². The Balaban J connectivity index is 2.15. The fourth-order valence-corrected chi connectivity index (χ4v) is 2.63. The molecule has 0 fully saturated rings. The minimum absolute atomic E-state index is 0.207. The van der Waals surface area contributed by atoms with Gasteiger partial charge in [-0.15, -0.1) is 0 Å². The van der Waals surface area contributed by atoms with Crippen molar-refractivity contribution in [1.29, 1.82) is 0 Å². The van der Waals surface area contributed by atoms with E-state index >= 15 is 0 Å². The molecule has 0 aliphatic rings. The zero-order chi connectivity index (χ0) is 15.5. The molecule has 112 valence electrons. The van der Waals surface area contributed by atoms with Crippen molar-refractivity contribution in [3.8, 4) is 22.7 Å². The van der Waals surface area contributed by atoms with Gasteiger partial charge in [-0.05, 0) is 31.0 Å². The van der Waals surface area contributed by atoms with E-state index in [9.17, 15) is 5.11 Å². The standard InChI is InChI=1S/C19H20N2O/c1-3-7-17-18(15-8-5-4-6-9-15)19(22)21(20-17)16-12-10-14(2)11-13-16/h4-6,8-13,22H,3,7H2,1-2H3. The maximum Gasteiger partial charge on any atom is 0.222 e. The average Bonchev–Trinajstić information content (AvgIpc) is 2.86. The Hall–Kier alpha value is -2.55. The third-order valence-electron chi connectivity index (χ3n) is 3.76. The molecule has 0 radical (unpaired) electrons. The van der Waals surface area contributed by atoms with Crippen LogP contribution in [-0.2, 0) is 6.42 Å². The van der Waals surface area contributed by atoms with Crippen LogP contribution in [0.25, 0.3) is 16.8 Å². The van der Waals surface area contributed by atoms with Gasteiger partial charge in [0.1, 0.15) is 0 Å². The third-order valence-corrected chi connectivity index (χ3v) is 3.76. The predicted molar refractivity (Wildman–Crippen MR) is 89.4 cm³/mol. The molecule has 0 atom stereocenters. The van der Waals surface area contributed by atoms with Crippen LogP contribution in [-0.4, -0.2) is 14.9 Å². The molecule has 0 spiro atoms. The van der Waals surface area contributed by atoms with E-state index in [-0.39, 0.29) is 5.88 Å². The predicted octanol–water partition coefficient (Wildman–Crippen LogP) is 4.51. The van der Waals surface area contributed by atoms with Crippen LogP contribution in [0.4, 0.5) is 0 Å². The van der Waals surface area contributed by atoms with Crippen molar-refractivity contribution in [2.24, 2.45) is 0 Å². The summed E-state index contributed by atoms with van der Waals surface area (Å²) in [6, 6.07) is 18.0. The van der Waals surface area contributed by atoms with Crippen LogP contribution in [0, 0.1) is 6.92 Å². The van der Waals surface area contributed by atoms with Gasteiger partial charge in [0.05, 0.1) is 16.9 Å². The molecule has 1 heterocycles. The van der Waals surface area contributed by atoms with Crippen LogP contribution >= 0.6 is 0 Å². The lowest BCUT2D eigenvalue weighted by Crippen LogP contribution is -1.96. The molecule has 3 rings (SSSR count). The largest absolute Gasteiger partial charge is 0.493 e. The van der Waals surface area contributed by atoms with Crippen molar-refractivity contribution >= 4 is 0 Å². The Morgan fingerprint density at radius 2 is 1.68 bits per heavy atom. The molecule has 3 aromatic rings. The molecule has 3 heteroatoms. The van der Waals surface area contributed by atoms with Crippen LogP contribution in [0.5, 0.6) is 5.88 Å². The highest BCUT2D eigenvalue weighted by Gasteiger charge is 2.19. The second kappa shape index (κ2) is 6.06. The maximum atomic E-state index is 10.7. The maximum absolute atomic E-state index is 10.7. The summed E-state index contributed by atoms with van der Waals surface area (Å²) in [6.45, 7) is 4.17. The number of hydrogen-bond acceptors (Lipinski definition) is 2. The van der Waals surface area contributed by atoms with Crippen molar-refractivity contribution in [2.75, 3.05) is 0 Å². The summed E-state index contributed by atoms with van der Waals surface area (Å²) in [5, 5.41) is 15.4. The summed E-state index contributed by atoms with van der Waals surface area (Å²) in [7, 11) is 0. The van der Waals surface area contributed by atoms with Crippen LogP contribution in [0.2, 0.25) is 0 Å². The molecule has 0 aliphatic carbocycles. The highest BCUT2D eigenvalue weighted by molar-refractivity contribution is 5.72. The van der Waals surface area contributed by atoms with E-state index in [1.807, 2.05) is 61.5 Å². The van der Waals surface area contributed by atoms with Crippen LogP contribution in [0.1, 0.15) is 24.6 Å². The van der Waals surface area contributed by atoms with Crippen LogP contribution < -0.4 is 0 Å². The zero-order valence-electron chi connectivity index (χ0n) is 13.0. The fraction of sp³-hybridized carbons (Fsp3) is 0.211. The lowest BCUT2D eigenvalue weighted by molar-refractivity contribution is 0.435. The molecule has 2 aromatic carbocycles. The summed E-state index contributed by atoms with van der Waals surface area (Å²) in [4.78, 5) is 0. The number of nitrogens with zero attached hydrogens (tertiary/aromatic N) is 2. The normalized spacial score (nSPS) is 10.8. The topological polar surface area (TPSA) is 38.0 Å². The number of aromatic nitrogens is 2. The van der Waals surface area contributed by atoms with E-state index in [0.717, 1.165) is 35.3 Å². The first-order valence-corrected chi connectivity index (χ1v) is 7.64. The molecule has 0 saturated heterocycles. The molecule has 0 bridgehead atoms.